The van der Waals surface area contributed by atoms with Gasteiger partial charge in [0.15, 0.2) is 0 Å². The van der Waals surface area contributed by atoms with Gasteiger partial charge in [0.25, 0.3) is 0 Å². The molecular weight excluding hydrogens is 370 g/mol. The summed E-state index contributed by atoms with van der Waals surface area (Å²) in [7, 11) is -0.896. The lowest BCUT2D eigenvalue weighted by Crippen LogP contribution is -2.53. The second kappa shape index (κ2) is 12.2. The first-order valence-corrected chi connectivity index (χ1v) is 14.1. The average molecular weight is 410 g/mol. The summed E-state index contributed by atoms with van der Waals surface area (Å²) in [4.78, 5) is 11.3. The van der Waals surface area contributed by atoms with E-state index in [1.807, 2.05) is 24.3 Å². The molecule has 0 aliphatic carbocycles. The molecule has 1 amide bonds. The zero-order valence-electron chi connectivity index (χ0n) is 18.1. The molecule has 6 heteroatoms. The molecule has 0 heterocycles. The Bertz CT molecular complexity index is 565. The molecule has 1 aromatic carbocycles. The van der Waals surface area contributed by atoms with Crippen LogP contribution in [0.4, 0.5) is 0 Å². The molecule has 0 bridgehead atoms. The predicted octanol–water partition coefficient (Wildman–Crippen LogP) is 3.76. The molecule has 5 nitrogen and oxygen atoms in total. The van der Waals surface area contributed by atoms with E-state index >= 15 is 0 Å². The van der Waals surface area contributed by atoms with Crippen molar-refractivity contribution in [2.75, 3.05) is 19.8 Å². The fourth-order valence-corrected chi connectivity index (χ4v) is 4.47. The lowest BCUT2D eigenvalue weighted by Gasteiger charge is -2.30. The van der Waals surface area contributed by atoms with Crippen LogP contribution in [-0.2, 0) is 11.2 Å². The lowest BCUT2D eigenvalue weighted by molar-refractivity contribution is -0.122. The number of hydrogen-bond acceptors (Lipinski definition) is 4. The maximum absolute atomic E-state index is 11.3. The Labute approximate surface area is 171 Å². The highest BCUT2D eigenvalue weighted by Gasteiger charge is 2.29. The fourth-order valence-electron chi connectivity index (χ4n) is 3.16. The van der Waals surface area contributed by atoms with Crippen molar-refractivity contribution in [3.63, 3.8) is 0 Å². The van der Waals surface area contributed by atoms with Crippen molar-refractivity contribution < 1.29 is 19.7 Å². The maximum atomic E-state index is 11.3. The van der Waals surface area contributed by atoms with Gasteiger partial charge in [-0.3, -0.25) is 4.79 Å². The SMILES string of the molecule is CC(=O)NC(CO)(CO)CCc1ccc(OCCCCCC[Si](C)(C)C)cc1. The number of aliphatic hydroxyl groups excluding tert-OH is 2. The zero-order valence-corrected chi connectivity index (χ0v) is 19.1. The van der Waals surface area contributed by atoms with Crippen molar-refractivity contribution in [2.24, 2.45) is 0 Å². The van der Waals surface area contributed by atoms with Crippen LogP contribution in [0.3, 0.4) is 0 Å². The highest BCUT2D eigenvalue weighted by molar-refractivity contribution is 6.76. The molecular formula is C22H39NO4Si. The first-order chi connectivity index (χ1) is 13.2. The van der Waals surface area contributed by atoms with Gasteiger partial charge in [0, 0.05) is 15.0 Å². The highest BCUT2D eigenvalue weighted by Crippen LogP contribution is 2.18. The number of amides is 1. The Hall–Kier alpha value is -1.37. The molecule has 0 aliphatic heterocycles. The van der Waals surface area contributed by atoms with Gasteiger partial charge in [-0.1, -0.05) is 57.1 Å². The van der Waals surface area contributed by atoms with E-state index in [0.717, 1.165) is 24.3 Å². The number of aliphatic hydroxyl groups is 2. The van der Waals surface area contributed by atoms with Crippen LogP contribution in [0.5, 0.6) is 5.75 Å². The van der Waals surface area contributed by atoms with Crippen LogP contribution < -0.4 is 10.1 Å². The molecule has 0 saturated heterocycles. The Kier molecular flexibility index (Phi) is 10.8. The van der Waals surface area contributed by atoms with E-state index in [1.54, 1.807) is 0 Å². The van der Waals surface area contributed by atoms with Crippen molar-refractivity contribution in [3.05, 3.63) is 29.8 Å². The van der Waals surface area contributed by atoms with Crippen LogP contribution >= 0.6 is 0 Å². The molecule has 0 saturated carbocycles. The van der Waals surface area contributed by atoms with Gasteiger partial charge in [0.1, 0.15) is 5.75 Å². The van der Waals surface area contributed by atoms with Gasteiger partial charge < -0.3 is 20.3 Å². The van der Waals surface area contributed by atoms with Crippen molar-refractivity contribution in [3.8, 4) is 5.75 Å². The van der Waals surface area contributed by atoms with Gasteiger partial charge in [0.05, 0.1) is 25.4 Å². The number of aryl methyl sites for hydroxylation is 1. The smallest absolute Gasteiger partial charge is 0.217 e. The van der Waals surface area contributed by atoms with Crippen LogP contribution in [0.25, 0.3) is 0 Å². The number of benzene rings is 1. The molecule has 1 rings (SSSR count). The first kappa shape index (κ1) is 24.7. The van der Waals surface area contributed by atoms with E-state index < -0.39 is 13.6 Å². The molecule has 0 atom stereocenters. The van der Waals surface area contributed by atoms with Crippen molar-refractivity contribution in [1.82, 2.24) is 5.32 Å². The summed E-state index contributed by atoms with van der Waals surface area (Å²) in [6.45, 7) is 8.82. The largest absolute Gasteiger partial charge is 0.494 e. The molecule has 160 valence electrons. The lowest BCUT2D eigenvalue weighted by atomic mass is 9.92. The Balaban J connectivity index is 2.32. The summed E-state index contributed by atoms with van der Waals surface area (Å²) in [5.74, 6) is 0.607. The minimum atomic E-state index is -0.976. The van der Waals surface area contributed by atoms with Crippen molar-refractivity contribution >= 4 is 14.0 Å². The van der Waals surface area contributed by atoms with Crippen LogP contribution in [0.2, 0.25) is 25.7 Å². The highest BCUT2D eigenvalue weighted by atomic mass is 28.3. The van der Waals surface area contributed by atoms with Crippen LogP contribution in [0.15, 0.2) is 24.3 Å². The second-order valence-corrected chi connectivity index (χ2v) is 14.6. The fraction of sp³-hybridized carbons (Fsp3) is 0.682. The monoisotopic (exact) mass is 409 g/mol. The van der Waals surface area contributed by atoms with E-state index in [9.17, 15) is 15.0 Å². The quantitative estimate of drug-likeness (QED) is 0.323. The van der Waals surface area contributed by atoms with Gasteiger partial charge >= 0.3 is 0 Å². The standard InChI is InChI=1S/C22H39NO4Si/c1-19(26)23-22(17-24,18-25)14-13-20-9-11-21(12-10-20)27-15-7-5-6-8-16-28(2,3)4/h9-12,24-25H,5-8,13-18H2,1-4H3,(H,23,26). The number of hydrogen-bond donors (Lipinski definition) is 3. The molecule has 0 unspecified atom stereocenters. The topological polar surface area (TPSA) is 78.8 Å². The number of unbranched alkanes of at least 4 members (excludes halogenated alkanes) is 3. The molecule has 3 N–H and O–H groups in total. The third-order valence-corrected chi connectivity index (χ3v) is 6.81. The van der Waals surface area contributed by atoms with Gasteiger partial charge in [0.2, 0.25) is 5.91 Å². The number of ether oxygens (including phenoxy) is 1. The Morgan fingerprint density at radius 2 is 1.64 bits per heavy atom. The summed E-state index contributed by atoms with van der Waals surface area (Å²) in [5, 5.41) is 21.8. The molecule has 0 aliphatic rings. The minimum Gasteiger partial charge on any atom is -0.494 e. The Morgan fingerprint density at radius 3 is 2.18 bits per heavy atom. The minimum absolute atomic E-state index is 0.257. The van der Waals surface area contributed by atoms with Crippen LogP contribution in [0, 0.1) is 0 Å². The van der Waals surface area contributed by atoms with Gasteiger partial charge in [-0.15, -0.1) is 0 Å². The number of carbonyl (C=O) groups is 1. The summed E-state index contributed by atoms with van der Waals surface area (Å²) in [5.41, 5.74) is 0.103. The summed E-state index contributed by atoms with van der Waals surface area (Å²) < 4.78 is 5.82. The normalized spacial score (nSPS) is 12.1. The van der Waals surface area contributed by atoms with Gasteiger partial charge in [-0.05, 0) is 37.0 Å². The number of carbonyl (C=O) groups excluding carboxylic acids is 1. The molecule has 0 fully saturated rings. The second-order valence-electron chi connectivity index (χ2n) is 9.00. The third kappa shape index (κ3) is 10.2. The van der Waals surface area contributed by atoms with Crippen LogP contribution in [0.1, 0.15) is 44.6 Å². The average Bonchev–Trinajstić information content (AvgIpc) is 2.64. The number of nitrogens with one attached hydrogen (secondary N) is 1. The van der Waals surface area contributed by atoms with Gasteiger partial charge in [-0.25, -0.2) is 0 Å². The molecule has 0 spiro atoms. The zero-order chi connectivity index (χ0) is 21.0. The third-order valence-electron chi connectivity index (χ3n) is 4.95. The predicted molar refractivity (Wildman–Crippen MR) is 118 cm³/mol. The van der Waals surface area contributed by atoms with E-state index in [4.69, 9.17) is 4.74 Å². The molecule has 0 aromatic heterocycles. The summed E-state index contributed by atoms with van der Waals surface area (Å²) in [6.07, 6.45) is 6.05. The van der Waals surface area contributed by atoms with Crippen LogP contribution in [-0.4, -0.2) is 49.6 Å². The maximum Gasteiger partial charge on any atom is 0.217 e. The summed E-state index contributed by atoms with van der Waals surface area (Å²) in [6, 6.07) is 9.31. The van der Waals surface area contributed by atoms with Crippen molar-refractivity contribution in [2.45, 2.75) is 76.7 Å². The Morgan fingerprint density at radius 1 is 1.04 bits per heavy atom. The van der Waals surface area contributed by atoms with E-state index in [-0.39, 0.29) is 19.1 Å². The van der Waals surface area contributed by atoms with Crippen molar-refractivity contribution in [1.29, 1.82) is 0 Å². The first-order valence-electron chi connectivity index (χ1n) is 10.4. The summed E-state index contributed by atoms with van der Waals surface area (Å²) >= 11 is 0. The van der Waals surface area contributed by atoms with Gasteiger partial charge in [-0.2, -0.15) is 0 Å². The van der Waals surface area contributed by atoms with E-state index in [1.165, 1.54) is 32.2 Å². The molecule has 28 heavy (non-hydrogen) atoms. The number of rotatable bonds is 14. The molecule has 1 aromatic rings. The molecule has 0 radical (unpaired) electrons. The van der Waals surface area contributed by atoms with E-state index in [2.05, 4.69) is 25.0 Å². The van der Waals surface area contributed by atoms with E-state index in [0.29, 0.717) is 12.8 Å².